The maximum Gasteiger partial charge on any atom is 0.162 e. The molecule has 2 nitrogen and oxygen atoms in total. The quantitative estimate of drug-likeness (QED) is 0.640. The van der Waals surface area contributed by atoms with Gasteiger partial charge >= 0.3 is 0 Å². The summed E-state index contributed by atoms with van der Waals surface area (Å²) < 4.78 is 0. The molecular weight excluding hydrogens is 284 g/mol. The summed E-state index contributed by atoms with van der Waals surface area (Å²) in [6.45, 7) is 3.77. The normalized spacial score (nSPS) is 10.5. The number of benzene rings is 2. The predicted octanol–water partition coefficient (Wildman–Crippen LogP) is 5.05. The molecule has 0 fully saturated rings. The number of rotatable bonds is 8. The highest BCUT2D eigenvalue weighted by Gasteiger charge is 2.04. The van der Waals surface area contributed by atoms with Crippen LogP contribution in [0, 0.1) is 0 Å². The molecule has 0 aliphatic carbocycles. The van der Waals surface area contributed by atoms with E-state index in [4.69, 9.17) is 0 Å². The van der Waals surface area contributed by atoms with Crippen molar-refractivity contribution in [3.63, 3.8) is 0 Å². The van der Waals surface area contributed by atoms with Crippen molar-refractivity contribution in [3.05, 3.63) is 70.8 Å². The third-order valence-corrected chi connectivity index (χ3v) is 4.12. The van der Waals surface area contributed by atoms with Gasteiger partial charge in [-0.25, -0.2) is 0 Å². The first kappa shape index (κ1) is 17.1. The van der Waals surface area contributed by atoms with Gasteiger partial charge < -0.3 is 0 Å². The van der Waals surface area contributed by atoms with Gasteiger partial charge in [0, 0.05) is 24.0 Å². The molecule has 0 amide bonds. The number of carbonyl (C=O) groups is 2. The SMILES string of the molecule is CCC(=O)c1ccc(CCCc2ccc(C(=O)CC)cc2)cc1. The fraction of sp³-hybridized carbons (Fsp3) is 0.333. The summed E-state index contributed by atoms with van der Waals surface area (Å²) in [5, 5.41) is 0. The van der Waals surface area contributed by atoms with Crippen LogP contribution in [0.5, 0.6) is 0 Å². The summed E-state index contributed by atoms with van der Waals surface area (Å²) in [7, 11) is 0. The van der Waals surface area contributed by atoms with Crippen LogP contribution in [0.3, 0.4) is 0 Å². The zero-order chi connectivity index (χ0) is 16.7. The van der Waals surface area contributed by atoms with E-state index in [1.807, 2.05) is 62.4 Å². The van der Waals surface area contributed by atoms with Crippen LogP contribution in [-0.2, 0) is 12.8 Å². The third-order valence-electron chi connectivity index (χ3n) is 4.12. The van der Waals surface area contributed by atoms with Gasteiger partial charge in [0.2, 0.25) is 0 Å². The summed E-state index contributed by atoms with van der Waals surface area (Å²) in [5.74, 6) is 0.386. The van der Waals surface area contributed by atoms with Crippen LogP contribution in [0.1, 0.15) is 65.0 Å². The van der Waals surface area contributed by atoms with Crippen LogP contribution in [0.2, 0.25) is 0 Å². The molecule has 0 saturated carbocycles. The molecule has 0 atom stereocenters. The van der Waals surface area contributed by atoms with E-state index in [0.717, 1.165) is 30.4 Å². The summed E-state index contributed by atoms with van der Waals surface area (Å²) in [4.78, 5) is 23.2. The largest absolute Gasteiger partial charge is 0.294 e. The Labute approximate surface area is 138 Å². The smallest absolute Gasteiger partial charge is 0.162 e. The molecule has 0 radical (unpaired) electrons. The predicted molar refractivity (Wildman–Crippen MR) is 94.2 cm³/mol. The first-order valence-corrected chi connectivity index (χ1v) is 8.38. The van der Waals surface area contributed by atoms with Gasteiger partial charge in [0.1, 0.15) is 0 Å². The van der Waals surface area contributed by atoms with E-state index in [1.165, 1.54) is 11.1 Å². The highest BCUT2D eigenvalue weighted by Crippen LogP contribution is 2.12. The number of hydrogen-bond acceptors (Lipinski definition) is 2. The summed E-state index contributed by atoms with van der Waals surface area (Å²) in [6.07, 6.45) is 4.15. The molecule has 0 bridgehead atoms. The Kier molecular flexibility index (Phi) is 6.28. The van der Waals surface area contributed by atoms with Gasteiger partial charge in [-0.05, 0) is 30.4 Å². The second kappa shape index (κ2) is 8.42. The lowest BCUT2D eigenvalue weighted by atomic mass is 10.00. The second-order valence-corrected chi connectivity index (χ2v) is 5.80. The minimum atomic E-state index is 0.193. The third kappa shape index (κ3) is 4.88. The van der Waals surface area contributed by atoms with E-state index in [0.29, 0.717) is 12.8 Å². The molecule has 0 spiro atoms. The maximum atomic E-state index is 11.6. The topological polar surface area (TPSA) is 34.1 Å². The van der Waals surface area contributed by atoms with E-state index in [-0.39, 0.29) is 11.6 Å². The van der Waals surface area contributed by atoms with E-state index >= 15 is 0 Å². The van der Waals surface area contributed by atoms with E-state index < -0.39 is 0 Å². The molecular formula is C21H24O2. The number of aryl methyl sites for hydroxylation is 2. The highest BCUT2D eigenvalue weighted by molar-refractivity contribution is 5.96. The van der Waals surface area contributed by atoms with Crippen molar-refractivity contribution in [1.29, 1.82) is 0 Å². The monoisotopic (exact) mass is 308 g/mol. The lowest BCUT2D eigenvalue weighted by Crippen LogP contribution is -1.98. The van der Waals surface area contributed by atoms with Crippen LogP contribution in [0.25, 0.3) is 0 Å². The Morgan fingerprint density at radius 1 is 0.652 bits per heavy atom. The van der Waals surface area contributed by atoms with Crippen LogP contribution in [-0.4, -0.2) is 11.6 Å². The zero-order valence-corrected chi connectivity index (χ0v) is 14.0. The molecule has 0 unspecified atom stereocenters. The number of ketones is 2. The first-order valence-electron chi connectivity index (χ1n) is 8.38. The van der Waals surface area contributed by atoms with Crippen molar-refractivity contribution in [2.24, 2.45) is 0 Å². The van der Waals surface area contributed by atoms with Gasteiger partial charge in [-0.2, -0.15) is 0 Å². The number of carbonyl (C=O) groups excluding carboxylic acids is 2. The van der Waals surface area contributed by atoms with Crippen molar-refractivity contribution in [2.75, 3.05) is 0 Å². The molecule has 0 aliphatic heterocycles. The standard InChI is InChI=1S/C21H24O2/c1-3-20(22)18-12-8-16(9-13-18)6-5-7-17-10-14-19(15-11-17)21(23)4-2/h8-15H,3-7H2,1-2H3. The fourth-order valence-corrected chi connectivity index (χ4v) is 2.62. The van der Waals surface area contributed by atoms with Crippen LogP contribution in [0.4, 0.5) is 0 Å². The molecule has 120 valence electrons. The molecule has 23 heavy (non-hydrogen) atoms. The molecule has 0 heterocycles. The van der Waals surface area contributed by atoms with Crippen molar-refractivity contribution >= 4 is 11.6 Å². The van der Waals surface area contributed by atoms with Crippen LogP contribution in [0.15, 0.2) is 48.5 Å². The average Bonchev–Trinajstić information content (AvgIpc) is 2.61. The molecule has 0 aliphatic rings. The Morgan fingerprint density at radius 3 is 1.30 bits per heavy atom. The summed E-state index contributed by atoms with van der Waals surface area (Å²) >= 11 is 0. The zero-order valence-electron chi connectivity index (χ0n) is 14.0. The van der Waals surface area contributed by atoms with E-state index in [2.05, 4.69) is 0 Å². The molecule has 0 saturated heterocycles. The highest BCUT2D eigenvalue weighted by atomic mass is 16.1. The summed E-state index contributed by atoms with van der Waals surface area (Å²) in [6, 6.07) is 15.9. The number of Topliss-reactive ketones (excluding diaryl/α,β-unsaturated/α-hetero) is 2. The van der Waals surface area contributed by atoms with Gasteiger partial charge in [0.05, 0.1) is 0 Å². The Balaban J connectivity index is 1.85. The van der Waals surface area contributed by atoms with Crippen molar-refractivity contribution in [2.45, 2.75) is 46.0 Å². The first-order chi connectivity index (χ1) is 11.1. The Bertz CT molecular complexity index is 592. The second-order valence-electron chi connectivity index (χ2n) is 5.80. The minimum Gasteiger partial charge on any atom is -0.294 e. The van der Waals surface area contributed by atoms with Crippen molar-refractivity contribution < 1.29 is 9.59 Å². The number of hydrogen-bond donors (Lipinski definition) is 0. The molecule has 2 aromatic carbocycles. The maximum absolute atomic E-state index is 11.6. The van der Waals surface area contributed by atoms with Crippen molar-refractivity contribution in [3.8, 4) is 0 Å². The van der Waals surface area contributed by atoms with Crippen LogP contribution < -0.4 is 0 Å². The summed E-state index contributed by atoms with van der Waals surface area (Å²) in [5.41, 5.74) is 4.12. The van der Waals surface area contributed by atoms with Gasteiger partial charge in [0.15, 0.2) is 11.6 Å². The Morgan fingerprint density at radius 2 is 1.00 bits per heavy atom. The van der Waals surface area contributed by atoms with Gasteiger partial charge in [-0.3, -0.25) is 9.59 Å². The Hall–Kier alpha value is -2.22. The molecule has 2 rings (SSSR count). The van der Waals surface area contributed by atoms with Gasteiger partial charge in [0.25, 0.3) is 0 Å². The van der Waals surface area contributed by atoms with Crippen molar-refractivity contribution in [1.82, 2.24) is 0 Å². The fourth-order valence-electron chi connectivity index (χ4n) is 2.62. The van der Waals surface area contributed by atoms with Crippen LogP contribution >= 0.6 is 0 Å². The molecule has 2 aromatic rings. The lowest BCUT2D eigenvalue weighted by molar-refractivity contribution is 0.0980. The van der Waals surface area contributed by atoms with Gasteiger partial charge in [-0.15, -0.1) is 0 Å². The lowest BCUT2D eigenvalue weighted by Gasteiger charge is -2.05. The molecule has 0 aromatic heterocycles. The molecule has 2 heteroatoms. The minimum absolute atomic E-state index is 0.193. The van der Waals surface area contributed by atoms with E-state index in [9.17, 15) is 9.59 Å². The van der Waals surface area contributed by atoms with Gasteiger partial charge in [-0.1, -0.05) is 62.4 Å². The molecule has 0 N–H and O–H groups in total. The average molecular weight is 308 g/mol. The van der Waals surface area contributed by atoms with E-state index in [1.54, 1.807) is 0 Å².